The average Bonchev–Trinajstić information content (AvgIpc) is 2.80. The quantitative estimate of drug-likeness (QED) is 0.292. The van der Waals surface area contributed by atoms with E-state index in [9.17, 15) is 4.79 Å². The molecule has 0 aliphatic rings. The van der Waals surface area contributed by atoms with Crippen molar-refractivity contribution in [2.75, 3.05) is 6.61 Å². The number of fused-ring (bicyclic) bond motifs is 1. The number of benzene rings is 3. The zero-order valence-electron chi connectivity index (χ0n) is 17.5. The molecule has 1 heterocycles. The molecule has 0 aliphatic heterocycles. The second-order valence-electron chi connectivity index (χ2n) is 6.90. The van der Waals surface area contributed by atoms with E-state index < -0.39 is 0 Å². The van der Waals surface area contributed by atoms with Gasteiger partial charge in [-0.25, -0.2) is 9.97 Å². The number of halogens is 1. The number of aryl methyl sites for hydroxylation is 1. The molecule has 162 valence electrons. The van der Waals surface area contributed by atoms with Crippen LogP contribution in [0, 0.1) is 0 Å². The molecule has 0 saturated heterocycles. The number of hydrogen-bond acceptors (Lipinski definition) is 6. The Morgan fingerprint density at radius 3 is 2.25 bits per heavy atom. The number of esters is 1. The summed E-state index contributed by atoms with van der Waals surface area (Å²) in [6, 6.07) is 22.0. The molecule has 0 amide bonds. The van der Waals surface area contributed by atoms with E-state index in [1.54, 1.807) is 37.3 Å². The van der Waals surface area contributed by atoms with Crippen LogP contribution < -0.4 is 9.47 Å². The van der Waals surface area contributed by atoms with Gasteiger partial charge in [0.05, 0.1) is 24.1 Å². The second-order valence-corrected chi connectivity index (χ2v) is 7.34. The van der Waals surface area contributed by atoms with Crippen molar-refractivity contribution in [3.8, 4) is 23.1 Å². The predicted octanol–water partition coefficient (Wildman–Crippen LogP) is 6.36. The molecule has 4 aromatic rings. The largest absolute Gasteiger partial charge is 0.466 e. The minimum Gasteiger partial charge on any atom is -0.466 e. The molecule has 0 radical (unpaired) electrons. The Labute approximate surface area is 190 Å². The lowest BCUT2D eigenvalue weighted by Gasteiger charge is -2.12. The van der Waals surface area contributed by atoms with Crippen molar-refractivity contribution in [2.24, 2.45) is 0 Å². The summed E-state index contributed by atoms with van der Waals surface area (Å²) in [4.78, 5) is 21.1. The molecular formula is C25H21ClN2O4. The second kappa shape index (κ2) is 10.1. The van der Waals surface area contributed by atoms with E-state index in [0.717, 1.165) is 5.75 Å². The fourth-order valence-corrected chi connectivity index (χ4v) is 3.22. The van der Waals surface area contributed by atoms with Crippen molar-refractivity contribution in [1.29, 1.82) is 0 Å². The molecule has 32 heavy (non-hydrogen) atoms. The highest BCUT2D eigenvalue weighted by Gasteiger charge is 2.14. The fraction of sp³-hybridized carbons (Fsp3) is 0.160. The molecule has 0 atom stereocenters. The summed E-state index contributed by atoms with van der Waals surface area (Å²) in [5, 5.41) is 0.561. The Bertz CT molecular complexity index is 1210. The van der Waals surface area contributed by atoms with Crippen molar-refractivity contribution in [1.82, 2.24) is 9.97 Å². The highest BCUT2D eigenvalue weighted by molar-refractivity contribution is 6.31. The Hall–Kier alpha value is -3.64. The van der Waals surface area contributed by atoms with Gasteiger partial charge in [0.15, 0.2) is 0 Å². The van der Waals surface area contributed by atoms with E-state index in [1.807, 2.05) is 42.5 Å². The lowest BCUT2D eigenvalue weighted by Crippen LogP contribution is -2.07. The maximum atomic E-state index is 11.8. The van der Waals surface area contributed by atoms with Gasteiger partial charge in [0.2, 0.25) is 5.88 Å². The van der Waals surface area contributed by atoms with E-state index in [1.165, 1.54) is 0 Å². The molecule has 0 spiro atoms. The molecule has 0 saturated carbocycles. The number of carbonyl (C=O) groups excluding carboxylic acids is 1. The minimum atomic E-state index is -0.297. The van der Waals surface area contributed by atoms with Gasteiger partial charge >= 0.3 is 5.97 Å². The van der Waals surface area contributed by atoms with E-state index in [2.05, 4.69) is 9.97 Å². The van der Waals surface area contributed by atoms with Crippen molar-refractivity contribution >= 4 is 28.6 Å². The van der Waals surface area contributed by atoms with Gasteiger partial charge in [-0.05, 0) is 61.5 Å². The van der Waals surface area contributed by atoms with Crippen LogP contribution in [-0.4, -0.2) is 22.5 Å². The lowest BCUT2D eigenvalue weighted by molar-refractivity contribution is -0.143. The molecule has 0 aliphatic carbocycles. The maximum absolute atomic E-state index is 11.8. The third-order valence-corrected chi connectivity index (χ3v) is 4.79. The Balaban J connectivity index is 1.56. The standard InChI is InChI=1S/C25H21ClN2O4/c1-2-30-24(29)15-14-22-25(28-21-13-8-17(26)16-23(21)27-22)32-20-11-9-19(10-12-20)31-18-6-4-3-5-7-18/h3-13,16H,2,14-15H2,1H3. The van der Waals surface area contributed by atoms with Crippen molar-refractivity contribution in [2.45, 2.75) is 19.8 Å². The zero-order valence-corrected chi connectivity index (χ0v) is 18.2. The molecule has 3 aromatic carbocycles. The molecule has 0 unspecified atom stereocenters. The van der Waals surface area contributed by atoms with Crippen molar-refractivity contribution in [3.63, 3.8) is 0 Å². The van der Waals surface area contributed by atoms with Crippen LogP contribution in [0.15, 0.2) is 72.8 Å². The summed E-state index contributed by atoms with van der Waals surface area (Å²) in [6.45, 7) is 2.11. The Kier molecular flexibility index (Phi) is 6.82. The van der Waals surface area contributed by atoms with Crippen LogP contribution in [0.4, 0.5) is 0 Å². The lowest BCUT2D eigenvalue weighted by atomic mass is 10.2. The van der Waals surface area contributed by atoms with Gasteiger partial charge < -0.3 is 14.2 Å². The minimum absolute atomic E-state index is 0.175. The van der Waals surface area contributed by atoms with E-state index in [0.29, 0.717) is 52.2 Å². The van der Waals surface area contributed by atoms with Crippen molar-refractivity contribution < 1.29 is 19.0 Å². The van der Waals surface area contributed by atoms with Gasteiger partial charge in [-0.15, -0.1) is 0 Å². The van der Waals surface area contributed by atoms with Gasteiger partial charge in [0.25, 0.3) is 0 Å². The van der Waals surface area contributed by atoms with Crippen LogP contribution in [0.2, 0.25) is 5.02 Å². The van der Waals surface area contributed by atoms with Gasteiger partial charge in [-0.2, -0.15) is 0 Å². The summed E-state index contributed by atoms with van der Waals surface area (Å²) < 4.78 is 16.9. The predicted molar refractivity (Wildman–Crippen MR) is 123 cm³/mol. The van der Waals surface area contributed by atoms with E-state index in [-0.39, 0.29) is 12.4 Å². The number of nitrogens with zero attached hydrogens (tertiary/aromatic N) is 2. The number of para-hydroxylation sites is 1. The summed E-state index contributed by atoms with van der Waals surface area (Å²) >= 11 is 6.10. The molecular weight excluding hydrogens is 428 g/mol. The SMILES string of the molecule is CCOC(=O)CCc1nc2cc(Cl)ccc2nc1Oc1ccc(Oc2ccccc2)cc1. The van der Waals surface area contributed by atoms with Crippen LogP contribution in [-0.2, 0) is 16.0 Å². The normalized spacial score (nSPS) is 10.7. The summed E-state index contributed by atoms with van der Waals surface area (Å²) in [5.74, 6) is 2.05. The third kappa shape index (κ3) is 5.53. The number of aromatic nitrogens is 2. The van der Waals surface area contributed by atoms with Gasteiger partial charge in [-0.1, -0.05) is 29.8 Å². The van der Waals surface area contributed by atoms with Crippen molar-refractivity contribution in [3.05, 3.63) is 83.5 Å². The topological polar surface area (TPSA) is 70.5 Å². The number of ether oxygens (including phenoxy) is 3. The average molecular weight is 449 g/mol. The molecule has 0 N–H and O–H groups in total. The van der Waals surface area contributed by atoms with Crippen LogP contribution in [0.5, 0.6) is 23.1 Å². The summed E-state index contributed by atoms with van der Waals surface area (Å²) in [6.07, 6.45) is 0.508. The monoisotopic (exact) mass is 448 g/mol. The number of carbonyl (C=O) groups is 1. The van der Waals surface area contributed by atoms with Crippen LogP contribution in [0.3, 0.4) is 0 Å². The molecule has 7 heteroatoms. The number of rotatable bonds is 8. The molecule has 1 aromatic heterocycles. The first-order valence-corrected chi connectivity index (χ1v) is 10.6. The van der Waals surface area contributed by atoms with Crippen LogP contribution in [0.25, 0.3) is 11.0 Å². The smallest absolute Gasteiger partial charge is 0.306 e. The van der Waals surface area contributed by atoms with Gasteiger partial charge in [-0.3, -0.25) is 4.79 Å². The molecule has 0 bridgehead atoms. The highest BCUT2D eigenvalue weighted by Crippen LogP contribution is 2.29. The third-order valence-electron chi connectivity index (χ3n) is 4.55. The van der Waals surface area contributed by atoms with E-state index >= 15 is 0 Å². The van der Waals surface area contributed by atoms with Crippen LogP contribution >= 0.6 is 11.6 Å². The molecule has 6 nitrogen and oxygen atoms in total. The first-order valence-electron chi connectivity index (χ1n) is 10.2. The van der Waals surface area contributed by atoms with Gasteiger partial charge in [0, 0.05) is 11.4 Å². The molecule has 4 rings (SSSR count). The highest BCUT2D eigenvalue weighted by atomic mass is 35.5. The molecule has 0 fully saturated rings. The zero-order chi connectivity index (χ0) is 22.3. The first-order chi connectivity index (χ1) is 15.6. The first kappa shape index (κ1) is 21.6. The van der Waals surface area contributed by atoms with Crippen LogP contribution in [0.1, 0.15) is 19.0 Å². The summed E-state index contributed by atoms with van der Waals surface area (Å²) in [5.41, 5.74) is 1.83. The maximum Gasteiger partial charge on any atom is 0.306 e. The van der Waals surface area contributed by atoms with Gasteiger partial charge in [0.1, 0.15) is 22.9 Å². The number of hydrogen-bond donors (Lipinski definition) is 0. The Morgan fingerprint density at radius 2 is 1.53 bits per heavy atom. The fourth-order valence-electron chi connectivity index (χ4n) is 3.06. The summed E-state index contributed by atoms with van der Waals surface area (Å²) in [7, 11) is 0. The van der Waals surface area contributed by atoms with E-state index in [4.69, 9.17) is 25.8 Å². The Morgan fingerprint density at radius 1 is 0.844 bits per heavy atom.